The topological polar surface area (TPSA) is 64.4 Å². The first kappa shape index (κ1) is 11.4. The number of guanidine groups is 1. The van der Waals surface area contributed by atoms with Crippen molar-refractivity contribution >= 4 is 21.9 Å². The van der Waals surface area contributed by atoms with Gasteiger partial charge < -0.3 is 11.5 Å². The Kier molecular flexibility index (Phi) is 3.14. The monoisotopic (exact) mass is 285 g/mol. The standard InChI is InChI=1S/C11H13BrFN3/c12-9-5-6(1-2-10(9)13)7-3-8(4-7)16-11(14)15/h1-2,5,7-8H,3-4H2,(H4,14,15,16). The fraction of sp³-hybridized carbons (Fsp3) is 0.364. The summed E-state index contributed by atoms with van der Waals surface area (Å²) in [5.41, 5.74) is 11.7. The second-order valence-corrected chi connectivity index (χ2v) is 4.90. The van der Waals surface area contributed by atoms with Gasteiger partial charge >= 0.3 is 0 Å². The van der Waals surface area contributed by atoms with Gasteiger partial charge in [-0.05, 0) is 52.4 Å². The van der Waals surface area contributed by atoms with E-state index < -0.39 is 0 Å². The summed E-state index contributed by atoms with van der Waals surface area (Å²) in [7, 11) is 0. The van der Waals surface area contributed by atoms with Crippen LogP contribution in [0.2, 0.25) is 0 Å². The molecule has 1 aromatic rings. The van der Waals surface area contributed by atoms with Crippen molar-refractivity contribution in [2.24, 2.45) is 16.5 Å². The molecule has 3 nitrogen and oxygen atoms in total. The summed E-state index contributed by atoms with van der Waals surface area (Å²) in [5.74, 6) is 0.345. The molecule has 0 spiro atoms. The zero-order valence-corrected chi connectivity index (χ0v) is 10.2. The Morgan fingerprint density at radius 1 is 1.38 bits per heavy atom. The highest BCUT2D eigenvalue weighted by atomic mass is 79.9. The average molecular weight is 286 g/mol. The van der Waals surface area contributed by atoms with Crippen molar-refractivity contribution in [1.29, 1.82) is 0 Å². The third-order valence-electron chi connectivity index (χ3n) is 2.86. The van der Waals surface area contributed by atoms with Gasteiger partial charge in [-0.2, -0.15) is 0 Å². The first-order valence-corrected chi connectivity index (χ1v) is 5.89. The molecular weight excluding hydrogens is 273 g/mol. The van der Waals surface area contributed by atoms with Crippen molar-refractivity contribution in [2.75, 3.05) is 0 Å². The van der Waals surface area contributed by atoms with E-state index in [1.54, 1.807) is 0 Å². The van der Waals surface area contributed by atoms with Crippen LogP contribution in [0, 0.1) is 5.82 Å². The minimum Gasteiger partial charge on any atom is -0.370 e. The predicted molar refractivity (Wildman–Crippen MR) is 65.7 cm³/mol. The lowest BCUT2D eigenvalue weighted by Gasteiger charge is -2.33. The summed E-state index contributed by atoms with van der Waals surface area (Å²) in [6.07, 6.45) is 1.85. The van der Waals surface area contributed by atoms with Crippen molar-refractivity contribution in [3.63, 3.8) is 0 Å². The normalized spacial score (nSPS) is 23.6. The fourth-order valence-electron chi connectivity index (χ4n) is 1.94. The molecule has 0 heterocycles. The van der Waals surface area contributed by atoms with Gasteiger partial charge in [0, 0.05) is 0 Å². The number of nitrogens with zero attached hydrogens (tertiary/aromatic N) is 1. The van der Waals surface area contributed by atoms with Gasteiger partial charge in [0.2, 0.25) is 0 Å². The van der Waals surface area contributed by atoms with E-state index in [4.69, 9.17) is 11.5 Å². The molecule has 1 saturated carbocycles. The van der Waals surface area contributed by atoms with Crippen LogP contribution in [0.3, 0.4) is 0 Å². The third-order valence-corrected chi connectivity index (χ3v) is 3.47. The quantitative estimate of drug-likeness (QED) is 0.646. The van der Waals surface area contributed by atoms with Crippen LogP contribution in [0.1, 0.15) is 24.3 Å². The van der Waals surface area contributed by atoms with E-state index >= 15 is 0 Å². The molecule has 16 heavy (non-hydrogen) atoms. The second-order valence-electron chi connectivity index (χ2n) is 4.05. The molecule has 1 aliphatic rings. The van der Waals surface area contributed by atoms with E-state index in [0.29, 0.717) is 10.4 Å². The third kappa shape index (κ3) is 2.35. The Labute approximate surface area is 102 Å². The summed E-state index contributed by atoms with van der Waals surface area (Å²) in [6.45, 7) is 0. The number of halogens is 2. The lowest BCUT2D eigenvalue weighted by atomic mass is 9.76. The minimum atomic E-state index is -0.233. The van der Waals surface area contributed by atoms with Crippen LogP contribution in [0.15, 0.2) is 27.7 Å². The summed E-state index contributed by atoms with van der Waals surface area (Å²) in [4.78, 5) is 4.08. The fourth-order valence-corrected chi connectivity index (χ4v) is 2.34. The number of aliphatic imine (C=N–C) groups is 1. The minimum absolute atomic E-state index is 0.142. The zero-order valence-electron chi connectivity index (χ0n) is 8.66. The van der Waals surface area contributed by atoms with E-state index in [1.165, 1.54) is 6.07 Å². The molecule has 1 fully saturated rings. The predicted octanol–water partition coefficient (Wildman–Crippen LogP) is 2.11. The molecule has 1 aromatic carbocycles. The summed E-state index contributed by atoms with van der Waals surface area (Å²) in [5, 5.41) is 0. The molecule has 0 aliphatic heterocycles. The number of hydrogen-bond acceptors (Lipinski definition) is 1. The molecule has 0 atom stereocenters. The molecule has 1 aliphatic carbocycles. The van der Waals surface area contributed by atoms with Gasteiger partial charge in [-0.3, -0.25) is 4.99 Å². The summed E-state index contributed by atoms with van der Waals surface area (Å²) >= 11 is 3.18. The first-order chi connectivity index (χ1) is 7.56. The van der Waals surface area contributed by atoms with Gasteiger partial charge in [0.25, 0.3) is 0 Å². The van der Waals surface area contributed by atoms with Gasteiger partial charge in [0.05, 0.1) is 10.5 Å². The van der Waals surface area contributed by atoms with Gasteiger partial charge in [-0.1, -0.05) is 6.07 Å². The molecular formula is C11H13BrFN3. The molecule has 0 radical (unpaired) electrons. The van der Waals surface area contributed by atoms with Gasteiger partial charge in [-0.15, -0.1) is 0 Å². The first-order valence-electron chi connectivity index (χ1n) is 5.10. The summed E-state index contributed by atoms with van der Waals surface area (Å²) in [6, 6.07) is 5.34. The maximum atomic E-state index is 13.0. The SMILES string of the molecule is NC(N)=NC1CC(c2ccc(F)c(Br)c2)C1. The van der Waals surface area contributed by atoms with Crippen molar-refractivity contribution in [3.8, 4) is 0 Å². The van der Waals surface area contributed by atoms with Crippen molar-refractivity contribution in [2.45, 2.75) is 24.8 Å². The van der Waals surface area contributed by atoms with E-state index in [-0.39, 0.29) is 17.8 Å². The summed E-state index contributed by atoms with van der Waals surface area (Å²) < 4.78 is 13.5. The zero-order chi connectivity index (χ0) is 11.7. The lowest BCUT2D eigenvalue weighted by Crippen LogP contribution is -2.31. The van der Waals surface area contributed by atoms with Crippen LogP contribution >= 0.6 is 15.9 Å². The van der Waals surface area contributed by atoms with Crippen molar-refractivity contribution in [1.82, 2.24) is 0 Å². The average Bonchev–Trinajstić information content (AvgIpc) is 2.15. The van der Waals surface area contributed by atoms with Crippen LogP contribution in [-0.4, -0.2) is 12.0 Å². The maximum absolute atomic E-state index is 13.0. The van der Waals surface area contributed by atoms with Crippen LogP contribution in [0.4, 0.5) is 4.39 Å². The highest BCUT2D eigenvalue weighted by Crippen LogP contribution is 2.39. The molecule has 4 N–H and O–H groups in total. The Hall–Kier alpha value is -1.10. The smallest absolute Gasteiger partial charge is 0.186 e. The highest BCUT2D eigenvalue weighted by Gasteiger charge is 2.30. The number of benzene rings is 1. The largest absolute Gasteiger partial charge is 0.370 e. The molecule has 0 bridgehead atoms. The second kappa shape index (κ2) is 4.41. The van der Waals surface area contributed by atoms with E-state index in [2.05, 4.69) is 20.9 Å². The van der Waals surface area contributed by atoms with Crippen molar-refractivity contribution in [3.05, 3.63) is 34.1 Å². The molecule has 5 heteroatoms. The van der Waals surface area contributed by atoms with Gasteiger partial charge in [-0.25, -0.2) is 4.39 Å². The molecule has 2 rings (SSSR count). The number of nitrogens with two attached hydrogens (primary N) is 2. The highest BCUT2D eigenvalue weighted by molar-refractivity contribution is 9.10. The van der Waals surface area contributed by atoms with Crippen LogP contribution in [0.5, 0.6) is 0 Å². The molecule has 0 unspecified atom stereocenters. The Balaban J connectivity index is 2.01. The van der Waals surface area contributed by atoms with Gasteiger partial charge in [0.15, 0.2) is 5.96 Å². The molecule has 0 saturated heterocycles. The van der Waals surface area contributed by atoms with Gasteiger partial charge in [0.1, 0.15) is 5.82 Å². The van der Waals surface area contributed by atoms with Crippen LogP contribution in [0.25, 0.3) is 0 Å². The Morgan fingerprint density at radius 2 is 2.06 bits per heavy atom. The number of rotatable bonds is 2. The van der Waals surface area contributed by atoms with E-state index in [9.17, 15) is 4.39 Å². The Morgan fingerprint density at radius 3 is 2.62 bits per heavy atom. The van der Waals surface area contributed by atoms with Crippen LogP contribution in [-0.2, 0) is 0 Å². The molecule has 0 aromatic heterocycles. The van der Waals surface area contributed by atoms with E-state index in [0.717, 1.165) is 18.4 Å². The lowest BCUT2D eigenvalue weighted by molar-refractivity contribution is 0.353. The maximum Gasteiger partial charge on any atom is 0.186 e. The van der Waals surface area contributed by atoms with E-state index in [1.807, 2.05) is 12.1 Å². The van der Waals surface area contributed by atoms with Crippen LogP contribution < -0.4 is 11.5 Å². The Bertz CT molecular complexity index is 423. The molecule has 86 valence electrons. The number of hydrogen-bond donors (Lipinski definition) is 2. The molecule has 0 amide bonds. The van der Waals surface area contributed by atoms with Crippen molar-refractivity contribution < 1.29 is 4.39 Å².